The highest BCUT2D eigenvalue weighted by molar-refractivity contribution is 7.46. The van der Waals surface area contributed by atoms with E-state index in [0.717, 1.165) is 36.8 Å². The van der Waals surface area contributed by atoms with Gasteiger partial charge in [-0.05, 0) is 17.5 Å². The molecule has 0 fully saturated rings. The van der Waals surface area contributed by atoms with Gasteiger partial charge in [-0.15, -0.1) is 0 Å². The third-order valence-corrected chi connectivity index (χ3v) is 4.51. The van der Waals surface area contributed by atoms with Gasteiger partial charge in [0.05, 0.1) is 18.8 Å². The molecule has 0 unspecified atom stereocenters. The van der Waals surface area contributed by atoms with Crippen LogP contribution in [0.2, 0.25) is 0 Å². The quantitative estimate of drug-likeness (QED) is 0.458. The number of carbonyl (C=O) groups is 1. The van der Waals surface area contributed by atoms with Crippen molar-refractivity contribution in [3.8, 4) is 0 Å². The predicted octanol–water partition coefficient (Wildman–Crippen LogP) is 4.09. The van der Waals surface area contributed by atoms with Gasteiger partial charge in [0.2, 0.25) is 0 Å². The Labute approximate surface area is 155 Å². The van der Waals surface area contributed by atoms with Crippen LogP contribution < -0.4 is 5.32 Å². The second-order valence-corrected chi connectivity index (χ2v) is 7.05. The molecule has 0 saturated heterocycles. The van der Waals surface area contributed by atoms with E-state index in [4.69, 9.17) is 19.0 Å². The first-order valence-electron chi connectivity index (χ1n) is 9.15. The number of carbonyl (C=O) groups excluding carboxylic acids is 1. The minimum atomic E-state index is -4.65. The van der Waals surface area contributed by atoms with Gasteiger partial charge in [0, 0.05) is 6.42 Å². The standard InChI is InChI=1S/C16H24NO6P.C2H6/c1-2-3-4-7-10-22-16(18)17-15-13-9-6-5-8-12(13)11-14(15)23-24(19,20)21;1-2/h5-6,8-9,14-15H,2-4,7,10-11H2,1H3,(H,17,18)(H2,19,20,21);1-2H3/t14-,15-;/m1./s1. The summed E-state index contributed by atoms with van der Waals surface area (Å²) in [7, 11) is -4.65. The van der Waals surface area contributed by atoms with Gasteiger partial charge in [0.1, 0.15) is 0 Å². The maximum atomic E-state index is 12.0. The maximum absolute atomic E-state index is 12.0. The molecule has 0 aromatic heterocycles. The van der Waals surface area contributed by atoms with Crippen molar-refractivity contribution >= 4 is 13.9 Å². The second-order valence-electron chi connectivity index (χ2n) is 5.86. The van der Waals surface area contributed by atoms with Crippen molar-refractivity contribution in [1.82, 2.24) is 5.32 Å². The number of hydrogen-bond donors (Lipinski definition) is 3. The number of benzene rings is 1. The van der Waals surface area contributed by atoms with Crippen LogP contribution in [0.15, 0.2) is 24.3 Å². The van der Waals surface area contributed by atoms with Crippen molar-refractivity contribution in [2.24, 2.45) is 0 Å². The third kappa shape index (κ3) is 7.46. The van der Waals surface area contributed by atoms with Crippen molar-refractivity contribution in [2.45, 2.75) is 65.0 Å². The Morgan fingerprint density at radius 2 is 1.92 bits per heavy atom. The summed E-state index contributed by atoms with van der Waals surface area (Å²) in [4.78, 5) is 30.1. The zero-order chi connectivity index (χ0) is 19.6. The molecule has 1 aliphatic rings. The summed E-state index contributed by atoms with van der Waals surface area (Å²) in [5.74, 6) is 0. The van der Waals surface area contributed by atoms with Gasteiger partial charge >= 0.3 is 13.9 Å². The molecule has 0 saturated carbocycles. The van der Waals surface area contributed by atoms with Crippen LogP contribution in [0.3, 0.4) is 0 Å². The highest BCUT2D eigenvalue weighted by Gasteiger charge is 2.38. The van der Waals surface area contributed by atoms with Gasteiger partial charge in [0.15, 0.2) is 0 Å². The fourth-order valence-electron chi connectivity index (χ4n) is 2.87. The van der Waals surface area contributed by atoms with Gasteiger partial charge in [-0.25, -0.2) is 9.36 Å². The third-order valence-electron chi connectivity index (χ3n) is 3.96. The molecule has 0 heterocycles. The number of nitrogens with one attached hydrogen (secondary N) is 1. The average Bonchev–Trinajstić information content (AvgIpc) is 2.92. The lowest BCUT2D eigenvalue weighted by Crippen LogP contribution is -2.35. The summed E-state index contributed by atoms with van der Waals surface area (Å²) < 4.78 is 21.2. The van der Waals surface area contributed by atoms with Crippen LogP contribution >= 0.6 is 7.82 Å². The second kappa shape index (κ2) is 11.3. The van der Waals surface area contributed by atoms with Gasteiger partial charge in [0.25, 0.3) is 0 Å². The van der Waals surface area contributed by atoms with Crippen molar-refractivity contribution in [3.63, 3.8) is 0 Å². The van der Waals surface area contributed by atoms with E-state index >= 15 is 0 Å². The molecule has 2 rings (SSSR count). The Morgan fingerprint density at radius 1 is 1.23 bits per heavy atom. The first-order valence-corrected chi connectivity index (χ1v) is 10.7. The molecule has 148 valence electrons. The summed E-state index contributed by atoms with van der Waals surface area (Å²) in [6.07, 6.45) is 2.89. The Bertz CT molecular complexity index is 603. The first-order chi connectivity index (χ1) is 12.4. The minimum Gasteiger partial charge on any atom is -0.450 e. The molecule has 1 amide bonds. The summed E-state index contributed by atoms with van der Waals surface area (Å²) >= 11 is 0. The molecule has 7 nitrogen and oxygen atoms in total. The molecule has 2 atom stereocenters. The van der Waals surface area contributed by atoms with E-state index in [9.17, 15) is 9.36 Å². The molecule has 1 aliphatic carbocycles. The summed E-state index contributed by atoms with van der Waals surface area (Å²) in [6.45, 7) is 6.43. The molecule has 3 N–H and O–H groups in total. The van der Waals surface area contributed by atoms with Gasteiger partial charge < -0.3 is 19.8 Å². The molecular formula is C18H30NO6P. The monoisotopic (exact) mass is 387 g/mol. The Kier molecular flexibility index (Phi) is 9.88. The molecule has 0 radical (unpaired) electrons. The lowest BCUT2D eigenvalue weighted by atomic mass is 10.1. The number of phosphoric acid groups is 1. The van der Waals surface area contributed by atoms with Gasteiger partial charge in [-0.2, -0.15) is 0 Å². The number of unbranched alkanes of at least 4 members (excludes halogenated alkanes) is 3. The smallest absolute Gasteiger partial charge is 0.450 e. The maximum Gasteiger partial charge on any atom is 0.469 e. The number of alkyl carbamates (subject to hydrolysis) is 1. The van der Waals surface area contributed by atoms with Gasteiger partial charge in [-0.3, -0.25) is 4.52 Å². The van der Waals surface area contributed by atoms with Crippen molar-refractivity contribution in [2.75, 3.05) is 6.61 Å². The zero-order valence-electron chi connectivity index (χ0n) is 15.7. The van der Waals surface area contributed by atoms with E-state index in [2.05, 4.69) is 12.2 Å². The molecule has 26 heavy (non-hydrogen) atoms. The normalized spacial score (nSPS) is 18.5. The number of ether oxygens (including phenoxy) is 1. The number of fused-ring (bicyclic) bond motifs is 1. The van der Waals surface area contributed by atoms with Crippen molar-refractivity contribution in [1.29, 1.82) is 0 Å². The molecule has 0 spiro atoms. The number of amides is 1. The molecular weight excluding hydrogens is 357 g/mol. The van der Waals surface area contributed by atoms with E-state index in [1.807, 2.05) is 38.1 Å². The lowest BCUT2D eigenvalue weighted by molar-refractivity contribution is 0.0978. The minimum absolute atomic E-state index is 0.322. The topological polar surface area (TPSA) is 105 Å². The number of phosphoric ester groups is 1. The highest BCUT2D eigenvalue weighted by atomic mass is 31.2. The fraction of sp³-hybridized carbons (Fsp3) is 0.611. The molecule has 1 aromatic rings. The summed E-state index contributed by atoms with van der Waals surface area (Å²) in [5, 5.41) is 2.67. The van der Waals surface area contributed by atoms with Crippen molar-refractivity contribution < 1.29 is 28.4 Å². The van der Waals surface area contributed by atoms with E-state index in [-0.39, 0.29) is 0 Å². The van der Waals surface area contributed by atoms with E-state index in [1.54, 1.807) is 0 Å². The van der Waals surface area contributed by atoms with Crippen LogP contribution in [0.1, 0.15) is 63.6 Å². The van der Waals surface area contributed by atoms with Crippen molar-refractivity contribution in [3.05, 3.63) is 35.4 Å². The molecule has 0 aliphatic heterocycles. The lowest BCUT2D eigenvalue weighted by Gasteiger charge is -2.22. The van der Waals surface area contributed by atoms with Gasteiger partial charge in [-0.1, -0.05) is 64.3 Å². The first kappa shape index (κ1) is 22.6. The van der Waals surface area contributed by atoms with Crippen LogP contribution in [0.25, 0.3) is 0 Å². The zero-order valence-corrected chi connectivity index (χ0v) is 16.6. The molecule has 8 heteroatoms. The van der Waals surface area contributed by atoms with Crippen LogP contribution in [-0.4, -0.2) is 28.6 Å². The van der Waals surface area contributed by atoms with E-state index in [0.29, 0.717) is 13.0 Å². The van der Waals surface area contributed by atoms with Crippen LogP contribution in [0, 0.1) is 0 Å². The number of rotatable bonds is 8. The SMILES string of the molecule is CC.CCCCCCOC(=O)N[C@@H]1c2ccccc2C[C@H]1OP(=O)(O)O. The largest absolute Gasteiger partial charge is 0.469 e. The fourth-order valence-corrected chi connectivity index (χ4v) is 3.41. The number of hydrogen-bond acceptors (Lipinski definition) is 4. The molecule has 1 aromatic carbocycles. The summed E-state index contributed by atoms with van der Waals surface area (Å²) in [5.41, 5.74) is 1.68. The predicted molar refractivity (Wildman–Crippen MR) is 99.8 cm³/mol. The Balaban J connectivity index is 0.00000163. The van der Waals surface area contributed by atoms with Crippen LogP contribution in [0.4, 0.5) is 4.79 Å². The Morgan fingerprint density at radius 3 is 2.58 bits per heavy atom. The van der Waals surface area contributed by atoms with E-state index < -0.39 is 26.1 Å². The Hall–Kier alpha value is -1.40. The highest BCUT2D eigenvalue weighted by Crippen LogP contribution is 2.44. The summed E-state index contributed by atoms with van der Waals surface area (Å²) in [6, 6.07) is 6.66. The average molecular weight is 387 g/mol. The van der Waals surface area contributed by atoms with Crippen LogP contribution in [0.5, 0.6) is 0 Å². The van der Waals surface area contributed by atoms with E-state index in [1.165, 1.54) is 0 Å². The van der Waals surface area contributed by atoms with Crippen LogP contribution in [-0.2, 0) is 20.2 Å². The molecule has 0 bridgehead atoms.